The molecular weight excluding hydrogens is 260 g/mol. The second-order valence-electron chi connectivity index (χ2n) is 1.82. The summed E-state index contributed by atoms with van der Waals surface area (Å²) >= 11 is 6.26. The maximum atomic E-state index is 8.48. The smallest absolute Gasteiger partial charge is 0.196 e. The Balaban J connectivity index is 3.88. The minimum Gasteiger partial charge on any atom is -0.196 e. The van der Waals surface area contributed by atoms with Gasteiger partial charge in [-0.3, -0.25) is 0 Å². The van der Waals surface area contributed by atoms with Crippen LogP contribution in [0.15, 0.2) is 0 Å². The van der Waals surface area contributed by atoms with Crippen LogP contribution < -0.4 is 0 Å². The summed E-state index contributed by atoms with van der Waals surface area (Å²) in [6, 6.07) is 3.80. The zero-order chi connectivity index (χ0) is 8.04. The van der Waals surface area contributed by atoms with Gasteiger partial charge in [-0.2, -0.15) is 10.5 Å². The van der Waals surface area contributed by atoms with E-state index in [1.165, 1.54) is 0 Å². The zero-order valence-corrected chi connectivity index (χ0v) is 8.44. The lowest BCUT2D eigenvalue weighted by atomic mass is 10.1. The molecule has 0 aromatic carbocycles. The highest BCUT2D eigenvalue weighted by Gasteiger charge is 2.24. The lowest BCUT2D eigenvalue weighted by molar-refractivity contribution is 0.771. The summed E-state index contributed by atoms with van der Waals surface area (Å²) in [5.74, 6) is 0. The van der Waals surface area contributed by atoms with Crippen molar-refractivity contribution < 1.29 is 0 Å². The van der Waals surface area contributed by atoms with E-state index in [9.17, 15) is 0 Å². The number of alkyl halides is 2. The van der Waals surface area contributed by atoms with Crippen molar-refractivity contribution in [1.82, 2.24) is 0 Å². The van der Waals surface area contributed by atoms with Crippen molar-refractivity contribution in [1.29, 1.82) is 10.5 Å². The lowest BCUT2D eigenvalue weighted by Gasteiger charge is -2.06. The third-order valence-corrected chi connectivity index (χ3v) is 2.32. The van der Waals surface area contributed by atoms with Crippen molar-refractivity contribution in [2.24, 2.45) is 0 Å². The molecule has 0 unspecified atom stereocenters. The van der Waals surface area contributed by atoms with Crippen molar-refractivity contribution in [2.75, 3.05) is 5.33 Å². The Morgan fingerprint density at radius 3 is 2.10 bits per heavy atom. The molecular formula is C6H6Br2N2. The molecule has 0 radical (unpaired) electrons. The number of nitriles is 2. The molecule has 0 spiro atoms. The van der Waals surface area contributed by atoms with Crippen LogP contribution in [-0.2, 0) is 0 Å². The van der Waals surface area contributed by atoms with Crippen LogP contribution in [0.5, 0.6) is 0 Å². The second-order valence-corrected chi connectivity index (χ2v) is 3.96. The third kappa shape index (κ3) is 3.20. The highest BCUT2D eigenvalue weighted by molar-refractivity contribution is 9.10. The average molecular weight is 266 g/mol. The molecule has 4 heteroatoms. The summed E-state index contributed by atoms with van der Waals surface area (Å²) in [6.07, 6.45) is 1.39. The van der Waals surface area contributed by atoms with Crippen molar-refractivity contribution in [3.63, 3.8) is 0 Å². The highest BCUT2D eigenvalue weighted by atomic mass is 79.9. The van der Waals surface area contributed by atoms with E-state index in [0.29, 0.717) is 6.42 Å². The number of hydrogen-bond acceptors (Lipinski definition) is 2. The number of nitrogens with zero attached hydrogens (tertiary/aromatic N) is 2. The van der Waals surface area contributed by atoms with Gasteiger partial charge in [-0.25, -0.2) is 0 Å². The first-order valence-corrected chi connectivity index (χ1v) is 4.67. The topological polar surface area (TPSA) is 47.6 Å². The molecule has 0 aromatic heterocycles. The Bertz CT molecular complexity index is 163. The fraction of sp³-hybridized carbons (Fsp3) is 0.667. The number of halogens is 2. The van der Waals surface area contributed by atoms with E-state index >= 15 is 0 Å². The molecule has 2 nitrogen and oxygen atoms in total. The van der Waals surface area contributed by atoms with Gasteiger partial charge in [0.2, 0.25) is 0 Å². The molecule has 10 heavy (non-hydrogen) atoms. The Labute approximate surface area is 77.1 Å². The summed E-state index contributed by atoms with van der Waals surface area (Å²) in [5, 5.41) is 17.8. The monoisotopic (exact) mass is 264 g/mol. The lowest BCUT2D eigenvalue weighted by Crippen LogP contribution is -2.14. The fourth-order valence-corrected chi connectivity index (χ4v) is 1.01. The van der Waals surface area contributed by atoms with Gasteiger partial charge < -0.3 is 0 Å². The minimum absolute atomic E-state index is 0.561. The van der Waals surface area contributed by atoms with Gasteiger partial charge in [0.05, 0.1) is 12.1 Å². The van der Waals surface area contributed by atoms with E-state index in [4.69, 9.17) is 10.5 Å². The number of hydrogen-bond donors (Lipinski definition) is 0. The molecule has 0 heterocycles. The van der Waals surface area contributed by atoms with Crippen LogP contribution in [0.2, 0.25) is 0 Å². The first-order chi connectivity index (χ1) is 4.68. The highest BCUT2D eigenvalue weighted by Crippen LogP contribution is 2.22. The van der Waals surface area contributed by atoms with Gasteiger partial charge in [-0.1, -0.05) is 31.9 Å². The summed E-state index contributed by atoms with van der Waals surface area (Å²) in [6.45, 7) is 0. The molecule has 0 amide bonds. The Morgan fingerprint density at radius 1 is 1.30 bits per heavy atom. The maximum Gasteiger partial charge on any atom is 0.197 e. The molecule has 0 saturated heterocycles. The van der Waals surface area contributed by atoms with Crippen LogP contribution in [0.25, 0.3) is 0 Å². The van der Waals surface area contributed by atoms with Crippen LogP contribution >= 0.6 is 31.9 Å². The molecule has 0 bridgehead atoms. The van der Waals surface area contributed by atoms with Gasteiger partial charge >= 0.3 is 0 Å². The van der Waals surface area contributed by atoms with Crippen LogP contribution in [-0.4, -0.2) is 9.65 Å². The molecule has 0 aliphatic rings. The average Bonchev–Trinajstić information content (AvgIpc) is 2.00. The zero-order valence-electron chi connectivity index (χ0n) is 5.27. The summed E-state index contributed by atoms with van der Waals surface area (Å²) < 4.78 is -0.971. The largest absolute Gasteiger partial charge is 0.197 e. The first kappa shape index (κ1) is 9.94. The van der Waals surface area contributed by atoms with Gasteiger partial charge in [-0.05, 0) is 12.8 Å². The third-order valence-electron chi connectivity index (χ3n) is 1.01. The minimum atomic E-state index is -0.971. The van der Waals surface area contributed by atoms with E-state index in [1.807, 2.05) is 12.1 Å². The van der Waals surface area contributed by atoms with E-state index in [1.54, 1.807) is 0 Å². The maximum absolute atomic E-state index is 8.48. The van der Waals surface area contributed by atoms with E-state index in [2.05, 4.69) is 31.9 Å². The van der Waals surface area contributed by atoms with E-state index in [-0.39, 0.29) is 0 Å². The van der Waals surface area contributed by atoms with Gasteiger partial charge in [-0.15, -0.1) is 0 Å². The van der Waals surface area contributed by atoms with Crippen LogP contribution in [0.4, 0.5) is 0 Å². The Hall–Kier alpha value is -0.0600. The van der Waals surface area contributed by atoms with Crippen molar-refractivity contribution >= 4 is 31.9 Å². The van der Waals surface area contributed by atoms with Gasteiger partial charge in [0.25, 0.3) is 0 Å². The van der Waals surface area contributed by atoms with Crippen LogP contribution in [0.3, 0.4) is 0 Å². The molecule has 0 N–H and O–H groups in total. The normalized spacial score (nSPS) is 10.0. The molecule has 0 atom stereocenters. The van der Waals surface area contributed by atoms with Gasteiger partial charge in [0.15, 0.2) is 4.32 Å². The summed E-state index contributed by atoms with van der Waals surface area (Å²) in [7, 11) is 0. The van der Waals surface area contributed by atoms with Crippen LogP contribution in [0.1, 0.15) is 12.8 Å². The molecule has 0 fully saturated rings. The molecule has 0 rings (SSSR count). The van der Waals surface area contributed by atoms with Crippen molar-refractivity contribution in [3.05, 3.63) is 0 Å². The van der Waals surface area contributed by atoms with E-state index < -0.39 is 4.32 Å². The standard InChI is InChI=1S/C6H6Br2N2/c7-3-1-2-6(8,4-9)5-10/h1-3H2. The molecule has 0 aliphatic heterocycles. The Kier molecular flexibility index (Phi) is 4.68. The first-order valence-electron chi connectivity index (χ1n) is 2.76. The quantitative estimate of drug-likeness (QED) is 0.736. The van der Waals surface area contributed by atoms with E-state index in [0.717, 1.165) is 11.8 Å². The predicted octanol–water partition coefficient (Wildman–Crippen LogP) is 2.34. The molecule has 0 aliphatic carbocycles. The van der Waals surface area contributed by atoms with Gasteiger partial charge in [0.1, 0.15) is 0 Å². The summed E-state index contributed by atoms with van der Waals surface area (Å²) in [4.78, 5) is 0. The number of rotatable bonds is 3. The summed E-state index contributed by atoms with van der Waals surface area (Å²) in [5.41, 5.74) is 0. The molecule has 54 valence electrons. The predicted molar refractivity (Wildman–Crippen MR) is 45.9 cm³/mol. The molecule has 0 saturated carbocycles. The fourth-order valence-electron chi connectivity index (χ4n) is 0.447. The van der Waals surface area contributed by atoms with Crippen LogP contribution in [0, 0.1) is 22.7 Å². The molecule has 0 aromatic rings. The Morgan fingerprint density at radius 2 is 1.80 bits per heavy atom. The van der Waals surface area contributed by atoms with Crippen molar-refractivity contribution in [2.45, 2.75) is 17.2 Å². The SMILES string of the molecule is N#CC(Br)(C#N)CCCBr. The van der Waals surface area contributed by atoms with Crippen molar-refractivity contribution in [3.8, 4) is 12.1 Å². The van der Waals surface area contributed by atoms with Gasteiger partial charge in [0, 0.05) is 5.33 Å². The second kappa shape index (κ2) is 4.71.